The van der Waals surface area contributed by atoms with Gasteiger partial charge in [-0.3, -0.25) is 9.36 Å². The molecule has 5 heteroatoms. The molecule has 2 aliphatic rings. The summed E-state index contributed by atoms with van der Waals surface area (Å²) in [4.78, 5) is 16.8. The van der Waals surface area contributed by atoms with Gasteiger partial charge in [-0.25, -0.2) is 4.98 Å². The molecule has 2 aromatic carbocycles. The average Bonchev–Trinajstić information content (AvgIpc) is 2.63. The minimum absolute atomic E-state index is 0.0462. The van der Waals surface area contributed by atoms with Crippen LogP contribution in [0.1, 0.15) is 0 Å². The molecule has 1 heterocycles. The molecule has 122 valence electrons. The Hall–Kier alpha value is -2.43. The summed E-state index contributed by atoms with van der Waals surface area (Å²) in [5.41, 5.74) is 3.19. The highest BCUT2D eigenvalue weighted by atomic mass is 79.9. The summed E-state index contributed by atoms with van der Waals surface area (Å²) in [6.07, 6.45) is 1.64. The number of hydrogen-bond donors (Lipinski definition) is 0. The van der Waals surface area contributed by atoms with Crippen LogP contribution in [0.25, 0.3) is 28.3 Å². The fourth-order valence-electron chi connectivity index (χ4n) is 2.81. The fourth-order valence-corrected chi connectivity index (χ4v) is 3.20. The number of benzene rings is 3. The van der Waals surface area contributed by atoms with Gasteiger partial charge in [-0.15, -0.1) is 0 Å². The zero-order valence-electron chi connectivity index (χ0n) is 13.0. The van der Waals surface area contributed by atoms with E-state index < -0.39 is 0 Å². The molecule has 0 bridgehead atoms. The van der Waals surface area contributed by atoms with E-state index in [1.54, 1.807) is 18.3 Å². The predicted molar refractivity (Wildman–Crippen MR) is 105 cm³/mol. The minimum Gasteiger partial charge on any atom is -0.294 e. The van der Waals surface area contributed by atoms with Gasteiger partial charge in [0.15, 0.2) is 5.43 Å². The zero-order valence-corrected chi connectivity index (χ0v) is 15.3. The first-order chi connectivity index (χ1) is 12.1. The van der Waals surface area contributed by atoms with E-state index >= 15 is 0 Å². The number of halogens is 2. The van der Waals surface area contributed by atoms with Crippen LogP contribution in [0.15, 0.2) is 82.2 Å². The van der Waals surface area contributed by atoms with E-state index in [9.17, 15) is 4.79 Å². The van der Waals surface area contributed by atoms with Crippen LogP contribution in [-0.4, -0.2) is 9.55 Å². The second-order valence-electron chi connectivity index (χ2n) is 5.59. The Labute approximate surface area is 158 Å². The van der Waals surface area contributed by atoms with Gasteiger partial charge < -0.3 is 0 Å². The van der Waals surface area contributed by atoms with E-state index in [1.165, 1.54) is 0 Å². The molecule has 0 amide bonds. The molecule has 0 radical (unpaired) electrons. The van der Waals surface area contributed by atoms with Crippen LogP contribution in [0, 0.1) is 0 Å². The Morgan fingerprint density at radius 2 is 1.64 bits per heavy atom. The smallest absolute Gasteiger partial charge is 0.189 e. The van der Waals surface area contributed by atoms with Gasteiger partial charge in [0.05, 0.1) is 11.3 Å². The number of nitrogens with zero attached hydrogens (tertiary/aromatic N) is 2. The number of aromatic nitrogens is 2. The summed E-state index contributed by atoms with van der Waals surface area (Å²) in [6, 6.07) is 20.7. The van der Waals surface area contributed by atoms with Crippen LogP contribution < -0.4 is 5.43 Å². The van der Waals surface area contributed by atoms with Crippen molar-refractivity contribution < 1.29 is 0 Å². The molecule has 2 aromatic rings. The molecule has 0 saturated carbocycles. The molecule has 4 rings (SSSR count). The topological polar surface area (TPSA) is 34.9 Å². The quantitative estimate of drug-likeness (QED) is 0.441. The highest BCUT2D eigenvalue weighted by molar-refractivity contribution is 9.10. The standard InChI is InChI=1S/C20H12BrClN2O/c21-14-6-4-13(5-7-14)20-23-12-17-18(2-1-3-19(17)25)24(20)16-10-8-15(22)9-11-16/h1-12H. The van der Waals surface area contributed by atoms with Crippen LogP contribution in [-0.2, 0) is 0 Å². The van der Waals surface area contributed by atoms with Gasteiger partial charge in [0, 0.05) is 26.9 Å². The molecule has 25 heavy (non-hydrogen) atoms. The van der Waals surface area contributed by atoms with Crippen LogP contribution in [0.3, 0.4) is 0 Å². The summed E-state index contributed by atoms with van der Waals surface area (Å²) in [7, 11) is 0. The van der Waals surface area contributed by atoms with E-state index in [1.807, 2.05) is 59.2 Å². The van der Waals surface area contributed by atoms with Crippen LogP contribution in [0.2, 0.25) is 5.02 Å². The lowest BCUT2D eigenvalue weighted by molar-refractivity contribution is 0.997. The SMILES string of the molecule is O=c1cccc2n(-c3ccc(Cl)cc3)c(-c3ccc(Br)cc3)ncc1-2. The molecule has 1 aliphatic heterocycles. The first kappa shape index (κ1) is 16.1. The third-order valence-corrected chi connectivity index (χ3v) is 4.78. The van der Waals surface area contributed by atoms with Crippen molar-refractivity contribution in [3.05, 3.63) is 92.6 Å². The number of rotatable bonds is 2. The minimum atomic E-state index is -0.0462. The van der Waals surface area contributed by atoms with Crippen molar-refractivity contribution in [3.8, 4) is 28.3 Å². The molecule has 3 nitrogen and oxygen atoms in total. The lowest BCUT2D eigenvalue weighted by Gasteiger charge is -2.19. The summed E-state index contributed by atoms with van der Waals surface area (Å²) in [6.45, 7) is 0. The van der Waals surface area contributed by atoms with E-state index in [0.717, 1.165) is 27.2 Å². The van der Waals surface area contributed by atoms with E-state index in [0.29, 0.717) is 10.6 Å². The summed E-state index contributed by atoms with van der Waals surface area (Å²) < 4.78 is 2.98. The summed E-state index contributed by atoms with van der Waals surface area (Å²) in [5.74, 6) is 0.757. The van der Waals surface area contributed by atoms with Gasteiger partial charge in [0.2, 0.25) is 0 Å². The molecule has 0 unspecified atom stereocenters. The maximum absolute atomic E-state index is 12.2. The van der Waals surface area contributed by atoms with E-state index in [2.05, 4.69) is 20.9 Å². The molecule has 0 spiro atoms. The van der Waals surface area contributed by atoms with Crippen molar-refractivity contribution in [2.75, 3.05) is 0 Å². The van der Waals surface area contributed by atoms with Gasteiger partial charge in [0.1, 0.15) is 5.82 Å². The molecular weight excluding hydrogens is 400 g/mol. The molecule has 0 saturated heterocycles. The Kier molecular flexibility index (Phi) is 4.15. The Morgan fingerprint density at radius 3 is 2.36 bits per heavy atom. The Morgan fingerprint density at radius 1 is 0.920 bits per heavy atom. The van der Waals surface area contributed by atoms with Crippen LogP contribution in [0.4, 0.5) is 0 Å². The molecule has 0 atom stereocenters. The summed E-state index contributed by atoms with van der Waals surface area (Å²) >= 11 is 9.49. The number of fused-ring (bicyclic) bond motifs is 1. The maximum atomic E-state index is 12.2. The van der Waals surface area contributed by atoms with Crippen molar-refractivity contribution in [1.82, 2.24) is 9.55 Å². The fraction of sp³-hybridized carbons (Fsp3) is 0. The van der Waals surface area contributed by atoms with Crippen molar-refractivity contribution in [3.63, 3.8) is 0 Å². The van der Waals surface area contributed by atoms with E-state index in [-0.39, 0.29) is 5.43 Å². The third kappa shape index (κ3) is 2.99. The van der Waals surface area contributed by atoms with Crippen molar-refractivity contribution in [2.24, 2.45) is 0 Å². The van der Waals surface area contributed by atoms with Crippen LogP contribution in [0.5, 0.6) is 0 Å². The average molecular weight is 412 g/mol. The van der Waals surface area contributed by atoms with Crippen molar-refractivity contribution in [1.29, 1.82) is 0 Å². The van der Waals surface area contributed by atoms with Crippen LogP contribution >= 0.6 is 27.5 Å². The first-order valence-corrected chi connectivity index (χ1v) is 8.83. The molecular formula is C20H12BrClN2O. The van der Waals surface area contributed by atoms with Crippen molar-refractivity contribution in [2.45, 2.75) is 0 Å². The van der Waals surface area contributed by atoms with Gasteiger partial charge in [-0.1, -0.05) is 45.7 Å². The normalized spacial score (nSPS) is 11.0. The third-order valence-electron chi connectivity index (χ3n) is 4.00. The first-order valence-electron chi connectivity index (χ1n) is 7.66. The van der Waals surface area contributed by atoms with Gasteiger partial charge >= 0.3 is 0 Å². The van der Waals surface area contributed by atoms with Crippen molar-refractivity contribution >= 4 is 27.5 Å². The maximum Gasteiger partial charge on any atom is 0.189 e. The highest BCUT2D eigenvalue weighted by Crippen LogP contribution is 2.30. The zero-order chi connectivity index (χ0) is 17.4. The molecule has 0 N–H and O–H groups in total. The summed E-state index contributed by atoms with van der Waals surface area (Å²) in [5, 5.41) is 0.659. The molecule has 0 fully saturated rings. The monoisotopic (exact) mass is 410 g/mol. The second-order valence-corrected chi connectivity index (χ2v) is 6.94. The van der Waals surface area contributed by atoms with Gasteiger partial charge in [-0.05, 0) is 48.5 Å². The lowest BCUT2D eigenvalue weighted by Crippen LogP contribution is -2.13. The second kappa shape index (κ2) is 6.47. The van der Waals surface area contributed by atoms with Gasteiger partial charge in [0.25, 0.3) is 0 Å². The lowest BCUT2D eigenvalue weighted by atomic mass is 10.1. The Bertz CT molecular complexity index is 1070. The van der Waals surface area contributed by atoms with E-state index in [4.69, 9.17) is 11.6 Å². The predicted octanol–water partition coefficient (Wildman–Crippen LogP) is 5.42. The van der Waals surface area contributed by atoms with Gasteiger partial charge in [-0.2, -0.15) is 0 Å². The molecule has 0 aromatic heterocycles. The number of hydrogen-bond acceptors (Lipinski definition) is 2. The Balaban J connectivity index is 2.06. The highest BCUT2D eigenvalue weighted by Gasteiger charge is 2.16. The largest absolute Gasteiger partial charge is 0.294 e. The molecule has 1 aliphatic carbocycles.